The van der Waals surface area contributed by atoms with Crippen molar-refractivity contribution in [3.8, 4) is 17.0 Å². The molecule has 0 fully saturated rings. The van der Waals surface area contributed by atoms with E-state index in [4.69, 9.17) is 21.1 Å². The number of methoxy groups -OCH3 is 1. The number of nitrogens with zero attached hydrogens (tertiary/aromatic N) is 2. The van der Waals surface area contributed by atoms with Crippen LogP contribution in [0.3, 0.4) is 0 Å². The summed E-state index contributed by atoms with van der Waals surface area (Å²) in [6.07, 6.45) is 0. The molecule has 2 rings (SSSR count). The van der Waals surface area contributed by atoms with Crippen LogP contribution >= 0.6 is 11.6 Å². The molecule has 0 aliphatic rings. The van der Waals surface area contributed by atoms with Crippen molar-refractivity contribution in [2.24, 2.45) is 0 Å². The van der Waals surface area contributed by atoms with Gasteiger partial charge in [-0.05, 0) is 25.5 Å². The van der Waals surface area contributed by atoms with Gasteiger partial charge in [0.15, 0.2) is 17.3 Å². The van der Waals surface area contributed by atoms with Gasteiger partial charge in [0.1, 0.15) is 5.69 Å². The molecule has 0 saturated carbocycles. The van der Waals surface area contributed by atoms with Gasteiger partial charge in [-0.25, -0.2) is 9.18 Å². The summed E-state index contributed by atoms with van der Waals surface area (Å²) in [4.78, 5) is 11.8. The van der Waals surface area contributed by atoms with Crippen molar-refractivity contribution >= 4 is 17.6 Å². The average molecular weight is 314 g/mol. The van der Waals surface area contributed by atoms with E-state index in [9.17, 15) is 9.18 Å². The van der Waals surface area contributed by atoms with Gasteiger partial charge in [-0.15, -0.1) is 5.10 Å². The maximum atomic E-state index is 14.0. The first-order valence-corrected chi connectivity index (χ1v) is 6.49. The second-order valence-electron chi connectivity index (χ2n) is 4.12. The van der Waals surface area contributed by atoms with Crippen LogP contribution in [0.1, 0.15) is 23.0 Å². The molecule has 8 heteroatoms. The first-order chi connectivity index (χ1) is 10.0. The Morgan fingerprint density at radius 3 is 2.81 bits per heavy atom. The number of rotatable bonds is 4. The third-order valence-corrected chi connectivity index (χ3v) is 3.35. The Bertz CT molecular complexity index is 688. The van der Waals surface area contributed by atoms with Gasteiger partial charge >= 0.3 is 5.97 Å². The lowest BCUT2D eigenvalue weighted by molar-refractivity contribution is 0.0520. The fourth-order valence-corrected chi connectivity index (χ4v) is 2.16. The molecule has 0 atom stereocenters. The van der Waals surface area contributed by atoms with E-state index in [1.807, 2.05) is 0 Å². The van der Waals surface area contributed by atoms with E-state index in [-0.39, 0.29) is 28.8 Å². The first-order valence-electron chi connectivity index (χ1n) is 6.12. The third-order valence-electron chi connectivity index (χ3n) is 2.90. The van der Waals surface area contributed by atoms with Crippen molar-refractivity contribution < 1.29 is 18.7 Å². The van der Waals surface area contributed by atoms with Crippen LogP contribution in [0.4, 0.5) is 4.39 Å². The van der Waals surface area contributed by atoms with E-state index in [1.165, 1.54) is 13.2 Å². The molecule has 0 radical (unpaired) electrons. The maximum absolute atomic E-state index is 14.0. The highest BCUT2D eigenvalue weighted by atomic mass is 35.5. The lowest BCUT2D eigenvalue weighted by Crippen LogP contribution is -2.07. The van der Waals surface area contributed by atoms with Gasteiger partial charge in [0.05, 0.1) is 18.7 Å². The zero-order chi connectivity index (χ0) is 15.6. The number of carbonyl (C=O) groups is 1. The summed E-state index contributed by atoms with van der Waals surface area (Å²) in [7, 11) is 1.32. The number of nitrogens with one attached hydrogen (secondary N) is 1. The summed E-state index contributed by atoms with van der Waals surface area (Å²) in [6.45, 7) is 3.54. The molecule has 0 bridgehead atoms. The van der Waals surface area contributed by atoms with E-state index in [1.54, 1.807) is 13.8 Å². The predicted octanol–water partition coefficient (Wildman–Crippen LogP) is 2.76. The molecule has 0 spiro atoms. The molecule has 0 unspecified atom stereocenters. The number of esters is 1. The molecule has 0 saturated heterocycles. The molecule has 0 aliphatic carbocycles. The zero-order valence-electron chi connectivity index (χ0n) is 11.7. The minimum atomic E-state index is -0.652. The normalized spacial score (nSPS) is 10.5. The molecule has 112 valence electrons. The number of benzene rings is 1. The zero-order valence-corrected chi connectivity index (χ0v) is 12.4. The highest BCUT2D eigenvalue weighted by molar-refractivity contribution is 6.33. The quantitative estimate of drug-likeness (QED) is 0.878. The lowest BCUT2D eigenvalue weighted by Gasteiger charge is -2.11. The van der Waals surface area contributed by atoms with E-state index in [2.05, 4.69) is 15.4 Å². The Hall–Kier alpha value is -2.15. The van der Waals surface area contributed by atoms with Crippen LogP contribution in [-0.2, 0) is 4.74 Å². The Labute approximate surface area is 125 Å². The summed E-state index contributed by atoms with van der Waals surface area (Å²) >= 11 is 6.07. The van der Waals surface area contributed by atoms with Crippen LogP contribution in [0, 0.1) is 12.7 Å². The van der Waals surface area contributed by atoms with Gasteiger partial charge in [-0.1, -0.05) is 11.6 Å². The second-order valence-corrected chi connectivity index (χ2v) is 4.50. The number of hydrogen-bond acceptors (Lipinski definition) is 5. The van der Waals surface area contributed by atoms with E-state index in [0.717, 1.165) is 0 Å². The van der Waals surface area contributed by atoms with E-state index in [0.29, 0.717) is 11.1 Å². The van der Waals surface area contributed by atoms with Crippen LogP contribution in [0.25, 0.3) is 11.3 Å². The Morgan fingerprint density at radius 1 is 1.48 bits per heavy atom. The molecule has 1 aromatic carbocycles. The number of H-pyrrole nitrogens is 1. The predicted molar refractivity (Wildman–Crippen MR) is 74.0 cm³/mol. The van der Waals surface area contributed by atoms with Gasteiger partial charge in [-0.2, -0.15) is 10.3 Å². The van der Waals surface area contributed by atoms with E-state index >= 15 is 0 Å². The van der Waals surface area contributed by atoms with Crippen molar-refractivity contribution in [1.29, 1.82) is 0 Å². The summed E-state index contributed by atoms with van der Waals surface area (Å²) in [5.74, 6) is -1.35. The highest BCUT2D eigenvalue weighted by Crippen LogP contribution is 2.37. The van der Waals surface area contributed by atoms with Gasteiger partial charge in [0.25, 0.3) is 0 Å². The second kappa shape index (κ2) is 6.09. The third kappa shape index (κ3) is 2.69. The van der Waals surface area contributed by atoms with Gasteiger partial charge in [0.2, 0.25) is 0 Å². The number of halogens is 2. The van der Waals surface area contributed by atoms with Gasteiger partial charge < -0.3 is 9.47 Å². The fraction of sp³-hybridized carbons (Fsp3) is 0.308. The number of ether oxygens (including phenoxy) is 2. The summed E-state index contributed by atoms with van der Waals surface area (Å²) in [5.41, 5.74) is 1.01. The molecule has 21 heavy (non-hydrogen) atoms. The number of hydrogen-bond donors (Lipinski definition) is 1. The molecule has 1 aromatic heterocycles. The molecular weight excluding hydrogens is 301 g/mol. The van der Waals surface area contributed by atoms with Crippen LogP contribution < -0.4 is 4.74 Å². The first kappa shape index (κ1) is 15.2. The van der Waals surface area contributed by atoms with Crippen molar-refractivity contribution in [2.75, 3.05) is 13.7 Å². The minimum Gasteiger partial charge on any atom is -0.492 e. The number of aromatic nitrogens is 3. The molecular formula is C13H13ClFN3O3. The van der Waals surface area contributed by atoms with Crippen molar-refractivity contribution in [2.45, 2.75) is 13.8 Å². The van der Waals surface area contributed by atoms with Crippen LogP contribution in [0.15, 0.2) is 6.07 Å². The SMILES string of the molecule is CCOC(=O)c1n[nH]nc1-c1cc(F)c(OC)c(Cl)c1C. The fourth-order valence-electron chi connectivity index (χ4n) is 1.89. The molecule has 0 amide bonds. The van der Waals surface area contributed by atoms with Crippen molar-refractivity contribution in [3.63, 3.8) is 0 Å². The van der Waals surface area contributed by atoms with Gasteiger partial charge in [0, 0.05) is 5.56 Å². The monoisotopic (exact) mass is 313 g/mol. The molecule has 1 N–H and O–H groups in total. The Kier molecular flexibility index (Phi) is 4.42. The maximum Gasteiger partial charge on any atom is 0.361 e. The average Bonchev–Trinajstić information content (AvgIpc) is 2.93. The number of aromatic amines is 1. The topological polar surface area (TPSA) is 77.1 Å². The number of carbonyl (C=O) groups excluding carboxylic acids is 1. The summed E-state index contributed by atoms with van der Waals surface area (Å²) in [5, 5.41) is 10.1. The Morgan fingerprint density at radius 2 is 2.19 bits per heavy atom. The van der Waals surface area contributed by atoms with Crippen molar-refractivity contribution in [1.82, 2.24) is 15.4 Å². The van der Waals surface area contributed by atoms with Gasteiger partial charge in [-0.3, -0.25) is 0 Å². The van der Waals surface area contributed by atoms with E-state index < -0.39 is 11.8 Å². The van der Waals surface area contributed by atoms with Crippen LogP contribution in [0.5, 0.6) is 5.75 Å². The summed E-state index contributed by atoms with van der Waals surface area (Å²) < 4.78 is 23.8. The summed E-state index contributed by atoms with van der Waals surface area (Å²) in [6, 6.07) is 1.20. The molecule has 6 nitrogen and oxygen atoms in total. The van der Waals surface area contributed by atoms with Crippen LogP contribution in [0.2, 0.25) is 5.02 Å². The minimum absolute atomic E-state index is 0.0272. The molecule has 1 heterocycles. The van der Waals surface area contributed by atoms with Crippen molar-refractivity contribution in [3.05, 3.63) is 28.2 Å². The van der Waals surface area contributed by atoms with Crippen LogP contribution in [-0.4, -0.2) is 35.1 Å². The smallest absolute Gasteiger partial charge is 0.361 e. The lowest BCUT2D eigenvalue weighted by atomic mass is 10.0. The standard InChI is InChI=1S/C13H13ClFN3O3/c1-4-21-13(19)11-10(16-18-17-11)7-5-8(15)12(20-3)9(14)6(7)2/h5H,4H2,1-3H3,(H,16,17,18). The highest BCUT2D eigenvalue weighted by Gasteiger charge is 2.24. The largest absolute Gasteiger partial charge is 0.492 e. The molecule has 2 aromatic rings. The Balaban J connectivity index is 2.59. The molecule has 0 aliphatic heterocycles.